The second kappa shape index (κ2) is 3.13. The molecular weight excluding hydrogens is 158 g/mol. The molecule has 0 spiro atoms. The SMILES string of the molecule is CC(=O)N1CC(C)C1CC(=O)O. The maximum absolute atomic E-state index is 10.9. The molecule has 1 saturated heterocycles. The predicted molar refractivity (Wildman–Crippen MR) is 42.6 cm³/mol. The molecule has 0 aliphatic carbocycles. The van der Waals surface area contributed by atoms with Gasteiger partial charge in [0.05, 0.1) is 6.42 Å². The summed E-state index contributed by atoms with van der Waals surface area (Å²) in [6, 6.07) is -0.0833. The van der Waals surface area contributed by atoms with Crippen molar-refractivity contribution >= 4 is 11.9 Å². The molecule has 0 saturated carbocycles. The third-order valence-electron chi connectivity index (χ3n) is 2.33. The number of carbonyl (C=O) groups is 2. The summed E-state index contributed by atoms with van der Waals surface area (Å²) in [5, 5.41) is 8.53. The van der Waals surface area contributed by atoms with Gasteiger partial charge in [-0.15, -0.1) is 0 Å². The number of hydrogen-bond donors (Lipinski definition) is 1. The van der Waals surface area contributed by atoms with Crippen LogP contribution in [0.2, 0.25) is 0 Å². The average molecular weight is 171 g/mol. The van der Waals surface area contributed by atoms with Crippen LogP contribution in [0.5, 0.6) is 0 Å². The van der Waals surface area contributed by atoms with Crippen molar-refractivity contribution < 1.29 is 14.7 Å². The zero-order valence-electron chi connectivity index (χ0n) is 7.28. The van der Waals surface area contributed by atoms with Gasteiger partial charge in [-0.25, -0.2) is 0 Å². The molecule has 1 aliphatic rings. The Labute approximate surface area is 71.2 Å². The van der Waals surface area contributed by atoms with Gasteiger partial charge in [0.2, 0.25) is 5.91 Å². The Bertz CT molecular complexity index is 214. The molecule has 12 heavy (non-hydrogen) atoms. The lowest BCUT2D eigenvalue weighted by Gasteiger charge is -2.45. The van der Waals surface area contributed by atoms with E-state index in [1.54, 1.807) is 4.90 Å². The molecule has 1 amide bonds. The fourth-order valence-corrected chi connectivity index (χ4v) is 1.59. The Kier molecular flexibility index (Phi) is 2.35. The first-order valence-corrected chi connectivity index (χ1v) is 4.01. The zero-order chi connectivity index (χ0) is 9.30. The van der Waals surface area contributed by atoms with Gasteiger partial charge in [0.1, 0.15) is 0 Å². The summed E-state index contributed by atoms with van der Waals surface area (Å²) in [5.41, 5.74) is 0. The van der Waals surface area contributed by atoms with Crippen LogP contribution in [0.1, 0.15) is 20.3 Å². The highest BCUT2D eigenvalue weighted by atomic mass is 16.4. The van der Waals surface area contributed by atoms with Crippen LogP contribution in [0.15, 0.2) is 0 Å². The monoisotopic (exact) mass is 171 g/mol. The summed E-state index contributed by atoms with van der Waals surface area (Å²) in [6.45, 7) is 4.14. The predicted octanol–water partition coefficient (Wildman–Crippen LogP) is 0.328. The van der Waals surface area contributed by atoms with Crippen LogP contribution in [0.3, 0.4) is 0 Å². The fourth-order valence-electron chi connectivity index (χ4n) is 1.59. The van der Waals surface area contributed by atoms with E-state index >= 15 is 0 Å². The molecule has 2 atom stereocenters. The number of aliphatic carboxylic acids is 1. The molecule has 0 aromatic rings. The summed E-state index contributed by atoms with van der Waals surface area (Å²) in [6.07, 6.45) is 0.0702. The van der Waals surface area contributed by atoms with E-state index in [1.165, 1.54) is 6.92 Å². The van der Waals surface area contributed by atoms with E-state index in [0.29, 0.717) is 12.5 Å². The molecule has 2 unspecified atom stereocenters. The maximum atomic E-state index is 10.9. The lowest BCUT2D eigenvalue weighted by atomic mass is 9.88. The molecule has 0 aromatic carbocycles. The summed E-state index contributed by atoms with van der Waals surface area (Å²) in [5.74, 6) is -0.540. The maximum Gasteiger partial charge on any atom is 0.305 e. The Morgan fingerprint density at radius 2 is 2.17 bits per heavy atom. The molecule has 68 valence electrons. The van der Waals surface area contributed by atoms with Gasteiger partial charge in [0, 0.05) is 19.5 Å². The number of carboxylic acid groups (broad SMARTS) is 1. The molecule has 0 aromatic heterocycles. The van der Waals surface area contributed by atoms with Crippen LogP contribution in [0.25, 0.3) is 0 Å². The van der Waals surface area contributed by atoms with Gasteiger partial charge in [-0.05, 0) is 5.92 Å². The Morgan fingerprint density at radius 3 is 2.50 bits per heavy atom. The Morgan fingerprint density at radius 1 is 1.58 bits per heavy atom. The van der Waals surface area contributed by atoms with Crippen LogP contribution < -0.4 is 0 Å². The fraction of sp³-hybridized carbons (Fsp3) is 0.750. The number of hydrogen-bond acceptors (Lipinski definition) is 2. The molecule has 4 heteroatoms. The molecule has 0 radical (unpaired) electrons. The quantitative estimate of drug-likeness (QED) is 0.651. The van der Waals surface area contributed by atoms with Gasteiger partial charge < -0.3 is 10.0 Å². The highest BCUT2D eigenvalue weighted by Crippen LogP contribution is 2.26. The van der Waals surface area contributed by atoms with Crippen LogP contribution in [-0.2, 0) is 9.59 Å². The molecular formula is C8H13NO3. The van der Waals surface area contributed by atoms with Gasteiger partial charge in [0.25, 0.3) is 0 Å². The van der Waals surface area contributed by atoms with Gasteiger partial charge in [-0.1, -0.05) is 6.92 Å². The second-order valence-electron chi connectivity index (χ2n) is 3.31. The van der Waals surface area contributed by atoms with Gasteiger partial charge >= 0.3 is 5.97 Å². The van der Waals surface area contributed by atoms with Crippen molar-refractivity contribution in [1.29, 1.82) is 0 Å². The zero-order valence-corrected chi connectivity index (χ0v) is 7.28. The van der Waals surface area contributed by atoms with Crippen LogP contribution in [-0.4, -0.2) is 34.5 Å². The van der Waals surface area contributed by atoms with E-state index < -0.39 is 5.97 Å². The van der Waals surface area contributed by atoms with E-state index in [9.17, 15) is 9.59 Å². The van der Waals surface area contributed by atoms with Gasteiger partial charge in [-0.3, -0.25) is 9.59 Å². The minimum atomic E-state index is -0.835. The van der Waals surface area contributed by atoms with Crippen molar-refractivity contribution in [1.82, 2.24) is 4.90 Å². The average Bonchev–Trinajstić information content (AvgIpc) is 1.95. The number of likely N-dealkylation sites (tertiary alicyclic amines) is 1. The lowest BCUT2D eigenvalue weighted by Crippen LogP contribution is -2.57. The van der Waals surface area contributed by atoms with Crippen molar-refractivity contribution in [3.05, 3.63) is 0 Å². The standard InChI is InChI=1S/C8H13NO3/c1-5-4-9(6(2)10)7(5)3-8(11)12/h5,7H,3-4H2,1-2H3,(H,11,12). The van der Waals surface area contributed by atoms with E-state index in [1.807, 2.05) is 6.92 Å². The van der Waals surface area contributed by atoms with Crippen molar-refractivity contribution in [2.24, 2.45) is 5.92 Å². The number of amides is 1. The van der Waals surface area contributed by atoms with Crippen molar-refractivity contribution in [3.63, 3.8) is 0 Å². The molecule has 1 fully saturated rings. The molecule has 1 heterocycles. The van der Waals surface area contributed by atoms with Crippen LogP contribution in [0, 0.1) is 5.92 Å². The summed E-state index contributed by atoms with van der Waals surface area (Å²) >= 11 is 0. The van der Waals surface area contributed by atoms with Crippen LogP contribution >= 0.6 is 0 Å². The summed E-state index contributed by atoms with van der Waals surface area (Å²) in [7, 11) is 0. The number of rotatable bonds is 2. The third-order valence-corrected chi connectivity index (χ3v) is 2.33. The van der Waals surface area contributed by atoms with E-state index in [0.717, 1.165) is 0 Å². The summed E-state index contributed by atoms with van der Waals surface area (Å²) in [4.78, 5) is 22.9. The normalized spacial score (nSPS) is 28.0. The molecule has 1 rings (SSSR count). The Balaban J connectivity index is 2.50. The van der Waals surface area contributed by atoms with Gasteiger partial charge in [0.15, 0.2) is 0 Å². The summed E-state index contributed by atoms with van der Waals surface area (Å²) < 4.78 is 0. The first-order valence-electron chi connectivity index (χ1n) is 4.01. The lowest BCUT2D eigenvalue weighted by molar-refractivity contribution is -0.147. The first kappa shape index (κ1) is 9.03. The van der Waals surface area contributed by atoms with Crippen molar-refractivity contribution in [2.45, 2.75) is 26.3 Å². The van der Waals surface area contributed by atoms with Crippen molar-refractivity contribution in [2.75, 3.05) is 6.54 Å². The largest absolute Gasteiger partial charge is 0.481 e. The molecule has 4 nitrogen and oxygen atoms in total. The number of carboxylic acids is 1. The number of nitrogens with zero attached hydrogens (tertiary/aromatic N) is 1. The van der Waals surface area contributed by atoms with E-state index in [2.05, 4.69) is 0 Å². The topological polar surface area (TPSA) is 57.6 Å². The smallest absolute Gasteiger partial charge is 0.305 e. The Hall–Kier alpha value is -1.06. The second-order valence-corrected chi connectivity index (χ2v) is 3.31. The van der Waals surface area contributed by atoms with Crippen LogP contribution in [0.4, 0.5) is 0 Å². The molecule has 0 bridgehead atoms. The van der Waals surface area contributed by atoms with E-state index in [-0.39, 0.29) is 18.4 Å². The van der Waals surface area contributed by atoms with E-state index in [4.69, 9.17) is 5.11 Å². The minimum absolute atomic E-state index is 0.0284. The molecule has 1 N–H and O–H groups in total. The highest BCUT2D eigenvalue weighted by molar-refractivity contribution is 5.76. The van der Waals surface area contributed by atoms with Gasteiger partial charge in [-0.2, -0.15) is 0 Å². The molecule has 1 aliphatic heterocycles. The minimum Gasteiger partial charge on any atom is -0.481 e. The first-order chi connectivity index (χ1) is 5.52. The number of carbonyl (C=O) groups excluding carboxylic acids is 1. The third kappa shape index (κ3) is 1.57. The highest BCUT2D eigenvalue weighted by Gasteiger charge is 2.38. The van der Waals surface area contributed by atoms with Crippen molar-refractivity contribution in [3.8, 4) is 0 Å².